The summed E-state index contributed by atoms with van der Waals surface area (Å²) in [7, 11) is 0. The Balaban J connectivity index is 1.71. The summed E-state index contributed by atoms with van der Waals surface area (Å²) in [5, 5.41) is 3.21. The Hall–Kier alpha value is -3.73. The van der Waals surface area contributed by atoms with E-state index in [1.807, 2.05) is 18.2 Å². The van der Waals surface area contributed by atoms with Gasteiger partial charge in [-0.1, -0.05) is 66.7 Å². The summed E-state index contributed by atoms with van der Waals surface area (Å²) in [6.45, 7) is 2.10. The quantitative estimate of drug-likeness (QED) is 0.497. The van der Waals surface area contributed by atoms with Crippen LogP contribution in [0.15, 0.2) is 78.9 Å². The Bertz CT molecular complexity index is 1070. The van der Waals surface area contributed by atoms with E-state index in [1.165, 1.54) is 0 Å². The van der Waals surface area contributed by atoms with Gasteiger partial charge in [0.2, 0.25) is 11.6 Å². The molecule has 0 aromatic heterocycles. The van der Waals surface area contributed by atoms with E-state index in [0.717, 1.165) is 5.56 Å². The van der Waals surface area contributed by atoms with Crippen LogP contribution in [-0.2, 0) is 21.5 Å². The van der Waals surface area contributed by atoms with Crippen LogP contribution < -0.4 is 5.32 Å². The summed E-state index contributed by atoms with van der Waals surface area (Å²) in [4.78, 5) is 38.6. The molecule has 0 unspecified atom stereocenters. The third-order valence-electron chi connectivity index (χ3n) is 5.24. The van der Waals surface area contributed by atoms with E-state index in [2.05, 4.69) is 5.32 Å². The van der Waals surface area contributed by atoms with Gasteiger partial charge in [0.05, 0.1) is 13.0 Å². The highest BCUT2D eigenvalue weighted by Gasteiger charge is 2.54. The van der Waals surface area contributed by atoms with E-state index in [1.54, 1.807) is 67.6 Å². The number of carbonyl (C=O) groups is 3. The molecule has 0 heterocycles. The Labute approximate surface area is 174 Å². The zero-order valence-electron chi connectivity index (χ0n) is 16.6. The van der Waals surface area contributed by atoms with E-state index in [-0.39, 0.29) is 24.0 Å². The number of esters is 1. The number of benzene rings is 3. The number of rotatable bonds is 6. The van der Waals surface area contributed by atoms with Crippen LogP contribution in [0.25, 0.3) is 0 Å². The minimum atomic E-state index is -1.52. The topological polar surface area (TPSA) is 72.5 Å². The molecule has 1 N–H and O–H groups in total. The van der Waals surface area contributed by atoms with E-state index >= 15 is 0 Å². The average Bonchev–Trinajstić information content (AvgIpc) is 2.99. The maximum atomic E-state index is 13.5. The summed E-state index contributed by atoms with van der Waals surface area (Å²) in [5.74, 6) is -0.842. The van der Waals surface area contributed by atoms with Gasteiger partial charge in [-0.05, 0) is 30.2 Å². The van der Waals surface area contributed by atoms with Gasteiger partial charge >= 0.3 is 5.97 Å². The molecule has 0 bridgehead atoms. The van der Waals surface area contributed by atoms with Crippen molar-refractivity contribution in [1.82, 2.24) is 0 Å². The van der Waals surface area contributed by atoms with Gasteiger partial charge < -0.3 is 10.1 Å². The van der Waals surface area contributed by atoms with Crippen LogP contribution >= 0.6 is 0 Å². The largest absolute Gasteiger partial charge is 0.466 e. The summed E-state index contributed by atoms with van der Waals surface area (Å²) in [6.07, 6.45) is 0.168. The van der Waals surface area contributed by atoms with Crippen LogP contribution in [0, 0.1) is 0 Å². The van der Waals surface area contributed by atoms with Crippen LogP contribution in [-0.4, -0.2) is 24.1 Å². The van der Waals surface area contributed by atoms with Crippen LogP contribution in [0.4, 0.5) is 5.69 Å². The Morgan fingerprint density at radius 2 is 1.40 bits per heavy atom. The fourth-order valence-corrected chi connectivity index (χ4v) is 3.82. The number of carbonyl (C=O) groups excluding carboxylic acids is 3. The van der Waals surface area contributed by atoms with Crippen molar-refractivity contribution in [2.45, 2.75) is 18.9 Å². The molecule has 5 heteroatoms. The second kappa shape index (κ2) is 7.95. The molecule has 0 saturated heterocycles. The van der Waals surface area contributed by atoms with Crippen molar-refractivity contribution in [3.05, 3.63) is 101 Å². The number of fused-ring (bicyclic) bond motifs is 1. The molecule has 0 atom stereocenters. The van der Waals surface area contributed by atoms with E-state index in [0.29, 0.717) is 29.0 Å². The maximum absolute atomic E-state index is 13.5. The minimum absolute atomic E-state index is 0.168. The van der Waals surface area contributed by atoms with Gasteiger partial charge in [0.1, 0.15) is 0 Å². The number of ketones is 2. The van der Waals surface area contributed by atoms with Crippen molar-refractivity contribution < 1.29 is 19.1 Å². The molecule has 0 aliphatic heterocycles. The second-order valence-electron chi connectivity index (χ2n) is 7.12. The number of nitrogens with one attached hydrogen (secondary N) is 1. The first kappa shape index (κ1) is 19.6. The van der Waals surface area contributed by atoms with Crippen LogP contribution in [0.3, 0.4) is 0 Å². The molecule has 3 aromatic rings. The van der Waals surface area contributed by atoms with Gasteiger partial charge in [-0.15, -0.1) is 0 Å². The minimum Gasteiger partial charge on any atom is -0.466 e. The highest BCUT2D eigenvalue weighted by Crippen LogP contribution is 2.40. The number of hydrogen-bond acceptors (Lipinski definition) is 5. The Kier molecular flexibility index (Phi) is 5.19. The molecule has 0 spiro atoms. The molecule has 150 valence electrons. The lowest BCUT2D eigenvalue weighted by Gasteiger charge is -2.29. The van der Waals surface area contributed by atoms with Crippen LogP contribution in [0.1, 0.15) is 38.8 Å². The predicted octanol–water partition coefficient (Wildman–Crippen LogP) is 4.18. The fraction of sp³-hybridized carbons (Fsp3) is 0.160. The molecule has 1 aliphatic carbocycles. The molecule has 4 rings (SSSR count). The normalized spacial score (nSPS) is 14.3. The highest BCUT2D eigenvalue weighted by atomic mass is 16.5. The van der Waals surface area contributed by atoms with Gasteiger partial charge in [0.15, 0.2) is 5.54 Å². The number of ether oxygens (including phenoxy) is 1. The first-order chi connectivity index (χ1) is 14.6. The fourth-order valence-electron chi connectivity index (χ4n) is 3.82. The lowest BCUT2D eigenvalue weighted by Crippen LogP contribution is -2.46. The second-order valence-corrected chi connectivity index (χ2v) is 7.12. The van der Waals surface area contributed by atoms with Crippen molar-refractivity contribution in [3.63, 3.8) is 0 Å². The van der Waals surface area contributed by atoms with Gasteiger partial charge in [-0.3, -0.25) is 14.4 Å². The molecule has 0 amide bonds. The van der Waals surface area contributed by atoms with Crippen LogP contribution in [0.2, 0.25) is 0 Å². The third kappa shape index (κ3) is 3.28. The van der Waals surface area contributed by atoms with Crippen molar-refractivity contribution in [2.24, 2.45) is 0 Å². The standard InChI is InChI=1S/C25H21NO4/c1-2-30-22(27)16-17-12-14-19(15-13-17)26-25(18-8-4-3-5-9-18)23(28)20-10-6-7-11-21(20)24(25)29/h3-15,26H,2,16H2,1H3. The summed E-state index contributed by atoms with van der Waals surface area (Å²) in [5.41, 5.74) is 1.30. The van der Waals surface area contributed by atoms with Gasteiger partial charge in [0, 0.05) is 16.8 Å². The monoisotopic (exact) mass is 399 g/mol. The van der Waals surface area contributed by atoms with E-state index < -0.39 is 5.54 Å². The predicted molar refractivity (Wildman–Crippen MR) is 114 cm³/mol. The molecule has 30 heavy (non-hydrogen) atoms. The number of anilines is 1. The van der Waals surface area contributed by atoms with Crippen molar-refractivity contribution >= 4 is 23.2 Å². The Morgan fingerprint density at radius 1 is 0.833 bits per heavy atom. The average molecular weight is 399 g/mol. The summed E-state index contributed by atoms with van der Waals surface area (Å²) >= 11 is 0. The highest BCUT2D eigenvalue weighted by molar-refractivity contribution is 6.34. The first-order valence-corrected chi connectivity index (χ1v) is 9.83. The molecule has 5 nitrogen and oxygen atoms in total. The van der Waals surface area contributed by atoms with Crippen molar-refractivity contribution in [3.8, 4) is 0 Å². The lowest BCUT2D eigenvalue weighted by molar-refractivity contribution is -0.142. The zero-order valence-corrected chi connectivity index (χ0v) is 16.6. The van der Waals surface area contributed by atoms with Gasteiger partial charge in [0.25, 0.3) is 0 Å². The zero-order chi connectivity index (χ0) is 21.1. The SMILES string of the molecule is CCOC(=O)Cc1ccc(NC2(c3ccccc3)C(=O)c3ccccc3C2=O)cc1. The first-order valence-electron chi connectivity index (χ1n) is 9.83. The number of Topliss-reactive ketones (excluding diaryl/α,β-unsaturated/α-hetero) is 2. The molecular weight excluding hydrogens is 378 g/mol. The Morgan fingerprint density at radius 3 is 1.97 bits per heavy atom. The van der Waals surface area contributed by atoms with E-state index in [4.69, 9.17) is 4.74 Å². The van der Waals surface area contributed by atoms with Crippen molar-refractivity contribution in [2.75, 3.05) is 11.9 Å². The molecule has 0 fully saturated rings. The third-order valence-corrected chi connectivity index (χ3v) is 5.24. The summed E-state index contributed by atoms with van der Waals surface area (Å²) < 4.78 is 4.98. The molecule has 0 saturated carbocycles. The summed E-state index contributed by atoms with van der Waals surface area (Å²) in [6, 6.07) is 23.0. The molecule has 3 aromatic carbocycles. The lowest BCUT2D eigenvalue weighted by atomic mass is 9.84. The maximum Gasteiger partial charge on any atom is 0.310 e. The van der Waals surface area contributed by atoms with E-state index in [9.17, 15) is 14.4 Å². The van der Waals surface area contributed by atoms with Crippen molar-refractivity contribution in [1.29, 1.82) is 0 Å². The van der Waals surface area contributed by atoms with Crippen LogP contribution in [0.5, 0.6) is 0 Å². The smallest absolute Gasteiger partial charge is 0.310 e. The molecular formula is C25H21NO4. The van der Waals surface area contributed by atoms with Gasteiger partial charge in [-0.2, -0.15) is 0 Å². The molecule has 0 radical (unpaired) electrons. The molecule has 1 aliphatic rings. The number of hydrogen-bond donors (Lipinski definition) is 1. The van der Waals surface area contributed by atoms with Gasteiger partial charge in [-0.25, -0.2) is 0 Å².